The summed E-state index contributed by atoms with van der Waals surface area (Å²) in [4.78, 5) is 24.8. The lowest BCUT2D eigenvalue weighted by molar-refractivity contribution is -0.192. The summed E-state index contributed by atoms with van der Waals surface area (Å²) in [5.41, 5.74) is 8.33. The molecular formula is C13H17F3N6O3S. The van der Waals surface area contributed by atoms with E-state index in [1.165, 1.54) is 11.3 Å². The van der Waals surface area contributed by atoms with Gasteiger partial charge < -0.3 is 26.2 Å². The van der Waals surface area contributed by atoms with Crippen molar-refractivity contribution in [2.24, 2.45) is 0 Å². The Morgan fingerprint density at radius 2 is 2.15 bits per heavy atom. The number of rotatable bonds is 3. The van der Waals surface area contributed by atoms with Crippen LogP contribution in [0.3, 0.4) is 0 Å². The third kappa shape index (κ3) is 4.89. The van der Waals surface area contributed by atoms with E-state index in [0.29, 0.717) is 6.42 Å². The molecule has 1 fully saturated rings. The van der Waals surface area contributed by atoms with Gasteiger partial charge in [-0.1, -0.05) is 0 Å². The van der Waals surface area contributed by atoms with Crippen molar-refractivity contribution in [1.29, 1.82) is 0 Å². The third-order valence-electron chi connectivity index (χ3n) is 3.52. The van der Waals surface area contributed by atoms with E-state index in [2.05, 4.69) is 25.2 Å². The lowest BCUT2D eigenvalue weighted by Gasteiger charge is -2.36. The third-order valence-corrected chi connectivity index (χ3v) is 4.24. The molecular weight excluding hydrogens is 377 g/mol. The SMILES string of the molecule is Nc1nc(N2CCNCC2CCO)c2ncsc2n1.O=C(O)C(F)(F)F. The van der Waals surface area contributed by atoms with Crippen molar-refractivity contribution in [3.8, 4) is 0 Å². The zero-order valence-electron chi connectivity index (χ0n) is 13.4. The number of piperazine rings is 1. The molecule has 1 saturated heterocycles. The predicted octanol–water partition coefficient (Wildman–Crippen LogP) is 0.462. The van der Waals surface area contributed by atoms with E-state index in [1.807, 2.05) is 0 Å². The Bertz CT molecular complexity index is 754. The molecule has 1 aliphatic rings. The van der Waals surface area contributed by atoms with Crippen LogP contribution in [0, 0.1) is 0 Å². The first-order valence-corrected chi connectivity index (χ1v) is 8.37. The number of nitrogens with two attached hydrogens (primary N) is 1. The van der Waals surface area contributed by atoms with Crippen molar-refractivity contribution >= 4 is 39.4 Å². The highest BCUT2D eigenvalue weighted by atomic mass is 32.1. The lowest BCUT2D eigenvalue weighted by Crippen LogP contribution is -2.52. The fourth-order valence-electron chi connectivity index (χ4n) is 2.41. The van der Waals surface area contributed by atoms with Crippen molar-refractivity contribution < 1.29 is 28.2 Å². The normalized spacial score (nSPS) is 17.7. The smallest absolute Gasteiger partial charge is 0.475 e. The standard InChI is InChI=1S/C11H16N6OS.C2HF3O2/c12-11-15-9(8-10(16-11)19-6-14-8)17-3-2-13-5-7(17)1-4-18;3-2(4,5)1(6)7/h6-7,13,18H,1-5H2,(H2,12,15,16);(H,6,7). The maximum atomic E-state index is 10.6. The summed E-state index contributed by atoms with van der Waals surface area (Å²) < 4.78 is 31.7. The van der Waals surface area contributed by atoms with Gasteiger partial charge in [-0.05, 0) is 6.42 Å². The number of halogens is 3. The molecule has 0 aromatic carbocycles. The van der Waals surface area contributed by atoms with Crippen LogP contribution in [-0.2, 0) is 4.79 Å². The number of hydrogen-bond donors (Lipinski definition) is 4. The predicted molar refractivity (Wildman–Crippen MR) is 89.0 cm³/mol. The second-order valence-corrected chi connectivity index (χ2v) is 6.11. The summed E-state index contributed by atoms with van der Waals surface area (Å²) >= 11 is 1.46. The minimum absolute atomic E-state index is 0.156. The molecule has 13 heteroatoms. The van der Waals surface area contributed by atoms with E-state index in [9.17, 15) is 18.3 Å². The molecule has 1 aliphatic heterocycles. The van der Waals surface area contributed by atoms with Gasteiger partial charge in [0.25, 0.3) is 0 Å². The van der Waals surface area contributed by atoms with Crippen molar-refractivity contribution in [1.82, 2.24) is 20.3 Å². The topological polar surface area (TPSA) is 137 Å². The number of hydrogen-bond acceptors (Lipinski definition) is 9. The Kier molecular flexibility index (Phi) is 6.50. The molecule has 26 heavy (non-hydrogen) atoms. The fraction of sp³-hybridized carbons (Fsp3) is 0.538. The van der Waals surface area contributed by atoms with Crippen molar-refractivity contribution in [3.63, 3.8) is 0 Å². The second kappa shape index (κ2) is 8.42. The quantitative estimate of drug-likeness (QED) is 0.585. The van der Waals surface area contributed by atoms with Crippen LogP contribution in [0.4, 0.5) is 24.9 Å². The van der Waals surface area contributed by atoms with Crippen LogP contribution in [0.15, 0.2) is 5.51 Å². The summed E-state index contributed by atoms with van der Waals surface area (Å²) in [5, 5.41) is 19.6. The minimum atomic E-state index is -5.08. The van der Waals surface area contributed by atoms with E-state index in [4.69, 9.17) is 15.6 Å². The molecule has 144 valence electrons. The Morgan fingerprint density at radius 1 is 1.46 bits per heavy atom. The van der Waals surface area contributed by atoms with Crippen LogP contribution in [-0.4, -0.2) is 69.6 Å². The van der Waals surface area contributed by atoms with Gasteiger partial charge in [-0.15, -0.1) is 11.3 Å². The molecule has 5 N–H and O–H groups in total. The molecule has 2 aromatic heterocycles. The van der Waals surface area contributed by atoms with Gasteiger partial charge in [-0.3, -0.25) is 0 Å². The van der Waals surface area contributed by atoms with E-state index in [1.54, 1.807) is 5.51 Å². The molecule has 1 atom stereocenters. The number of aliphatic carboxylic acids is 1. The number of alkyl halides is 3. The number of nitrogens with zero attached hydrogens (tertiary/aromatic N) is 4. The monoisotopic (exact) mass is 394 g/mol. The number of carboxylic acid groups (broad SMARTS) is 1. The van der Waals surface area contributed by atoms with Crippen molar-refractivity contribution in [3.05, 3.63) is 5.51 Å². The van der Waals surface area contributed by atoms with Gasteiger partial charge in [0.2, 0.25) is 5.95 Å². The summed E-state index contributed by atoms with van der Waals surface area (Å²) in [7, 11) is 0. The Morgan fingerprint density at radius 3 is 2.77 bits per heavy atom. The average Bonchev–Trinajstić information content (AvgIpc) is 3.03. The van der Waals surface area contributed by atoms with Gasteiger partial charge in [0.1, 0.15) is 5.52 Å². The van der Waals surface area contributed by atoms with E-state index in [0.717, 1.165) is 35.8 Å². The molecule has 0 saturated carbocycles. The number of nitrogen functional groups attached to an aromatic ring is 1. The first kappa shape index (κ1) is 20.1. The summed E-state index contributed by atoms with van der Waals surface area (Å²) in [6.45, 7) is 2.70. The Hall–Kier alpha value is -2.25. The lowest BCUT2D eigenvalue weighted by atomic mass is 10.1. The summed E-state index contributed by atoms with van der Waals surface area (Å²) in [5.74, 6) is -1.70. The number of carboxylic acids is 1. The number of aliphatic hydroxyl groups excluding tert-OH is 1. The highest BCUT2D eigenvalue weighted by molar-refractivity contribution is 7.16. The zero-order chi connectivity index (χ0) is 19.3. The number of carbonyl (C=O) groups is 1. The zero-order valence-corrected chi connectivity index (χ0v) is 14.2. The van der Waals surface area contributed by atoms with Gasteiger partial charge in [0, 0.05) is 32.3 Å². The van der Waals surface area contributed by atoms with E-state index in [-0.39, 0.29) is 18.6 Å². The number of fused-ring (bicyclic) bond motifs is 1. The van der Waals surface area contributed by atoms with Crippen LogP contribution in [0.5, 0.6) is 0 Å². The number of aromatic nitrogens is 3. The molecule has 9 nitrogen and oxygen atoms in total. The van der Waals surface area contributed by atoms with Crippen LogP contribution < -0.4 is 16.0 Å². The molecule has 2 aromatic rings. The molecule has 0 aliphatic carbocycles. The number of thiazole rings is 1. The van der Waals surface area contributed by atoms with Gasteiger partial charge in [-0.25, -0.2) is 14.8 Å². The largest absolute Gasteiger partial charge is 0.490 e. The molecule has 3 rings (SSSR count). The highest BCUT2D eigenvalue weighted by Crippen LogP contribution is 2.28. The molecule has 1 unspecified atom stereocenters. The summed E-state index contributed by atoms with van der Waals surface area (Å²) in [6.07, 6.45) is -4.39. The van der Waals surface area contributed by atoms with Gasteiger partial charge in [0.05, 0.1) is 5.51 Å². The number of anilines is 2. The molecule has 0 spiro atoms. The molecule has 0 radical (unpaired) electrons. The Labute approximate surface area is 149 Å². The van der Waals surface area contributed by atoms with E-state index >= 15 is 0 Å². The second-order valence-electron chi connectivity index (χ2n) is 5.28. The van der Waals surface area contributed by atoms with Crippen LogP contribution in [0.1, 0.15) is 6.42 Å². The number of aliphatic hydroxyl groups is 1. The van der Waals surface area contributed by atoms with Crippen molar-refractivity contribution in [2.75, 3.05) is 36.9 Å². The van der Waals surface area contributed by atoms with Gasteiger partial charge >= 0.3 is 12.1 Å². The minimum Gasteiger partial charge on any atom is -0.475 e. The van der Waals surface area contributed by atoms with Crippen LogP contribution in [0.2, 0.25) is 0 Å². The van der Waals surface area contributed by atoms with Crippen LogP contribution in [0.25, 0.3) is 10.3 Å². The Balaban J connectivity index is 0.000000298. The molecule has 0 amide bonds. The van der Waals surface area contributed by atoms with Gasteiger partial charge in [0.15, 0.2) is 10.6 Å². The van der Waals surface area contributed by atoms with Crippen molar-refractivity contribution in [2.45, 2.75) is 18.6 Å². The van der Waals surface area contributed by atoms with E-state index < -0.39 is 12.1 Å². The highest BCUT2D eigenvalue weighted by Gasteiger charge is 2.38. The summed E-state index contributed by atoms with van der Waals surface area (Å²) in [6, 6.07) is 0.206. The van der Waals surface area contributed by atoms with Gasteiger partial charge in [-0.2, -0.15) is 18.2 Å². The molecule has 0 bridgehead atoms. The first-order chi connectivity index (χ1) is 12.2. The maximum Gasteiger partial charge on any atom is 0.490 e. The van der Waals surface area contributed by atoms with Crippen LogP contribution >= 0.6 is 11.3 Å². The first-order valence-electron chi connectivity index (χ1n) is 7.49. The fourth-order valence-corrected chi connectivity index (χ4v) is 3.07. The average molecular weight is 394 g/mol. The maximum absolute atomic E-state index is 10.6. The number of nitrogens with one attached hydrogen (secondary N) is 1. The molecule has 3 heterocycles.